The van der Waals surface area contributed by atoms with Gasteiger partial charge in [0, 0.05) is 18.2 Å². The van der Waals surface area contributed by atoms with E-state index in [1.807, 2.05) is 19.0 Å². The van der Waals surface area contributed by atoms with Crippen molar-refractivity contribution in [1.29, 1.82) is 0 Å². The van der Waals surface area contributed by atoms with Crippen molar-refractivity contribution >= 4 is 11.6 Å². The van der Waals surface area contributed by atoms with Crippen LogP contribution in [0.2, 0.25) is 0 Å². The monoisotopic (exact) mass is 344 g/mol. The van der Waals surface area contributed by atoms with E-state index >= 15 is 0 Å². The van der Waals surface area contributed by atoms with Crippen LogP contribution in [0.1, 0.15) is 34.9 Å². The van der Waals surface area contributed by atoms with Gasteiger partial charge in [-0.25, -0.2) is 0 Å². The van der Waals surface area contributed by atoms with Gasteiger partial charge in [-0.15, -0.1) is 0 Å². The summed E-state index contributed by atoms with van der Waals surface area (Å²) in [6.45, 7) is 0.770. The largest absolute Gasteiger partial charge is 0.491 e. The Bertz CT molecular complexity index is 704. The zero-order valence-electron chi connectivity index (χ0n) is 14.6. The predicted octanol–water partition coefficient (Wildman–Crippen LogP) is 2.71. The number of benzene rings is 1. The molecule has 1 aliphatic carbocycles. The molecule has 0 saturated heterocycles. The molecule has 0 radical (unpaired) electrons. The van der Waals surface area contributed by atoms with Crippen LogP contribution in [0.3, 0.4) is 0 Å². The molecule has 1 saturated carbocycles. The number of amides is 1. The summed E-state index contributed by atoms with van der Waals surface area (Å²) in [4.78, 5) is 14.3. The van der Waals surface area contributed by atoms with Crippen molar-refractivity contribution in [3.8, 4) is 5.75 Å². The van der Waals surface area contributed by atoms with Crippen molar-refractivity contribution in [2.24, 2.45) is 0 Å². The first-order valence-electron chi connectivity index (χ1n) is 8.47. The molecule has 1 aliphatic rings. The van der Waals surface area contributed by atoms with Gasteiger partial charge in [-0.1, -0.05) is 0 Å². The normalized spacial score (nSPS) is 15.2. The van der Waals surface area contributed by atoms with Gasteiger partial charge in [0.25, 0.3) is 5.91 Å². The van der Waals surface area contributed by atoms with Crippen LogP contribution in [0.4, 0.5) is 5.69 Å². The number of nitrogens with one attached hydrogen (secondary N) is 1. The first-order valence-corrected chi connectivity index (χ1v) is 8.47. The lowest BCUT2D eigenvalue weighted by Crippen LogP contribution is -2.30. The zero-order valence-corrected chi connectivity index (χ0v) is 14.6. The summed E-state index contributed by atoms with van der Waals surface area (Å²) in [7, 11) is 3.80. The van der Waals surface area contributed by atoms with E-state index in [0.717, 1.165) is 18.6 Å². The molecule has 1 atom stereocenters. The molecule has 25 heavy (non-hydrogen) atoms. The smallest absolute Gasteiger partial charge is 0.259 e. The molecule has 0 spiro atoms. The molecule has 1 aromatic carbocycles. The van der Waals surface area contributed by atoms with Gasteiger partial charge in [0.2, 0.25) is 0 Å². The van der Waals surface area contributed by atoms with Crippen molar-refractivity contribution in [2.75, 3.05) is 32.6 Å². The number of ether oxygens (including phenoxy) is 1. The average molecular weight is 344 g/mol. The molecule has 1 aromatic heterocycles. The number of hydrogen-bond acceptors (Lipinski definition) is 5. The van der Waals surface area contributed by atoms with Crippen molar-refractivity contribution in [2.45, 2.75) is 24.9 Å². The number of hydrogen-bond donors (Lipinski definition) is 2. The number of nitrogens with zero attached hydrogens (tertiary/aromatic N) is 1. The number of aliphatic hydroxyl groups excluding tert-OH is 1. The van der Waals surface area contributed by atoms with Gasteiger partial charge in [-0.05, 0) is 57.3 Å². The standard InChI is InChI=1S/C19H24N2O4/c1-21(2)11-15(22)12-25-16-7-5-14(6-8-16)20-19(23)17-9-10-24-18(17)13-3-4-13/h5-10,13,15,22H,3-4,11-12H2,1-2H3,(H,20,23)/t15-/m1/s1. The fourth-order valence-corrected chi connectivity index (χ4v) is 2.67. The van der Waals surface area contributed by atoms with Gasteiger partial charge < -0.3 is 24.5 Å². The minimum atomic E-state index is -0.545. The summed E-state index contributed by atoms with van der Waals surface area (Å²) >= 11 is 0. The molecule has 1 heterocycles. The molecule has 3 rings (SSSR count). The Hall–Kier alpha value is -2.31. The van der Waals surface area contributed by atoms with Gasteiger partial charge in [0.05, 0.1) is 11.8 Å². The summed E-state index contributed by atoms with van der Waals surface area (Å²) in [5.41, 5.74) is 1.30. The highest BCUT2D eigenvalue weighted by molar-refractivity contribution is 6.05. The fourth-order valence-electron chi connectivity index (χ4n) is 2.67. The van der Waals surface area contributed by atoms with Gasteiger partial charge in [-0.2, -0.15) is 0 Å². The SMILES string of the molecule is CN(C)C[C@@H](O)COc1ccc(NC(=O)c2ccoc2C2CC2)cc1. The summed E-state index contributed by atoms with van der Waals surface area (Å²) in [5, 5.41) is 12.7. The van der Waals surface area contributed by atoms with Crippen LogP contribution in [0.15, 0.2) is 41.0 Å². The van der Waals surface area contributed by atoms with E-state index in [0.29, 0.717) is 29.5 Å². The Balaban J connectivity index is 1.53. The summed E-state index contributed by atoms with van der Waals surface area (Å²) < 4.78 is 11.0. The van der Waals surface area contributed by atoms with Crippen LogP contribution in [0.25, 0.3) is 0 Å². The highest BCUT2D eigenvalue weighted by atomic mass is 16.5. The van der Waals surface area contributed by atoms with Crippen molar-refractivity contribution in [1.82, 2.24) is 4.90 Å². The molecule has 2 N–H and O–H groups in total. The van der Waals surface area contributed by atoms with Gasteiger partial charge >= 0.3 is 0 Å². The molecule has 6 nitrogen and oxygen atoms in total. The second-order valence-corrected chi connectivity index (χ2v) is 6.68. The number of furan rings is 1. The van der Waals surface area contributed by atoms with Crippen LogP contribution in [0, 0.1) is 0 Å². The third-order valence-electron chi connectivity index (χ3n) is 4.02. The second kappa shape index (κ2) is 7.72. The number of carbonyl (C=O) groups is 1. The lowest BCUT2D eigenvalue weighted by Gasteiger charge is -2.16. The Morgan fingerprint density at radius 1 is 1.32 bits per heavy atom. The number of likely N-dealkylation sites (N-methyl/N-ethyl adjacent to an activating group) is 1. The van der Waals surface area contributed by atoms with E-state index in [4.69, 9.17) is 9.15 Å². The molecule has 2 aromatic rings. The fraction of sp³-hybridized carbons (Fsp3) is 0.421. The van der Waals surface area contributed by atoms with Crippen LogP contribution >= 0.6 is 0 Å². The molecule has 6 heteroatoms. The van der Waals surface area contributed by atoms with E-state index in [9.17, 15) is 9.90 Å². The van der Waals surface area contributed by atoms with Crippen LogP contribution < -0.4 is 10.1 Å². The van der Waals surface area contributed by atoms with E-state index in [-0.39, 0.29) is 12.5 Å². The van der Waals surface area contributed by atoms with Crippen molar-refractivity contribution in [3.05, 3.63) is 47.9 Å². The molecular formula is C19H24N2O4. The zero-order chi connectivity index (χ0) is 17.8. The summed E-state index contributed by atoms with van der Waals surface area (Å²) in [6, 6.07) is 8.82. The molecule has 0 aliphatic heterocycles. The van der Waals surface area contributed by atoms with Gasteiger partial charge in [0.15, 0.2) is 0 Å². The molecular weight excluding hydrogens is 320 g/mol. The Labute approximate surface area is 147 Å². The molecule has 1 amide bonds. The first kappa shape index (κ1) is 17.5. The van der Waals surface area contributed by atoms with Crippen LogP contribution in [-0.4, -0.2) is 49.3 Å². The van der Waals surface area contributed by atoms with E-state index < -0.39 is 6.10 Å². The summed E-state index contributed by atoms with van der Waals surface area (Å²) in [6.07, 6.45) is 3.19. The van der Waals surface area contributed by atoms with Crippen molar-refractivity contribution < 1.29 is 19.1 Å². The van der Waals surface area contributed by atoms with E-state index in [1.54, 1.807) is 36.6 Å². The lowest BCUT2D eigenvalue weighted by atomic mass is 10.1. The van der Waals surface area contributed by atoms with E-state index in [1.165, 1.54) is 0 Å². The first-order chi connectivity index (χ1) is 12.0. The maximum atomic E-state index is 12.4. The highest BCUT2D eigenvalue weighted by Crippen LogP contribution is 2.42. The lowest BCUT2D eigenvalue weighted by molar-refractivity contribution is 0.0831. The minimum absolute atomic E-state index is 0.161. The number of carbonyl (C=O) groups excluding carboxylic acids is 1. The van der Waals surface area contributed by atoms with Gasteiger partial charge in [0.1, 0.15) is 24.2 Å². The topological polar surface area (TPSA) is 74.9 Å². The third-order valence-corrected chi connectivity index (χ3v) is 4.02. The van der Waals surface area contributed by atoms with Crippen LogP contribution in [-0.2, 0) is 0 Å². The van der Waals surface area contributed by atoms with Gasteiger partial charge in [-0.3, -0.25) is 4.79 Å². The number of aliphatic hydroxyl groups is 1. The maximum Gasteiger partial charge on any atom is 0.259 e. The number of anilines is 1. The summed E-state index contributed by atoms with van der Waals surface area (Å²) in [5.74, 6) is 1.66. The second-order valence-electron chi connectivity index (χ2n) is 6.68. The van der Waals surface area contributed by atoms with Crippen molar-refractivity contribution in [3.63, 3.8) is 0 Å². The third kappa shape index (κ3) is 4.84. The predicted molar refractivity (Wildman–Crippen MR) is 95.1 cm³/mol. The Kier molecular flexibility index (Phi) is 5.40. The number of rotatable bonds is 8. The minimum Gasteiger partial charge on any atom is -0.491 e. The van der Waals surface area contributed by atoms with E-state index in [2.05, 4.69) is 5.32 Å². The Morgan fingerprint density at radius 3 is 2.68 bits per heavy atom. The molecule has 1 fully saturated rings. The molecule has 0 unspecified atom stereocenters. The quantitative estimate of drug-likeness (QED) is 0.770. The molecule has 0 bridgehead atoms. The average Bonchev–Trinajstić information content (AvgIpc) is 3.30. The van der Waals surface area contributed by atoms with Crippen LogP contribution in [0.5, 0.6) is 5.75 Å². The Morgan fingerprint density at radius 2 is 2.04 bits per heavy atom. The highest BCUT2D eigenvalue weighted by Gasteiger charge is 2.31. The maximum absolute atomic E-state index is 12.4. The molecule has 134 valence electrons.